The summed E-state index contributed by atoms with van der Waals surface area (Å²) in [5.74, 6) is 0. The molecule has 0 aliphatic heterocycles. The van der Waals surface area contributed by atoms with Gasteiger partial charge in [0.1, 0.15) is 0 Å². The lowest BCUT2D eigenvalue weighted by atomic mass is 11.0. The average molecular weight is 228 g/mol. The van der Waals surface area contributed by atoms with Crippen LogP contribution in [0.15, 0.2) is 13.8 Å². The van der Waals surface area contributed by atoms with Crippen LogP contribution in [-0.4, -0.2) is 10.3 Å². The topological polar surface area (TPSA) is 38.9 Å². The van der Waals surface area contributed by atoms with Crippen molar-refractivity contribution in [2.24, 2.45) is 0 Å². The Morgan fingerprint density at radius 1 is 1.14 bits per heavy atom. The van der Waals surface area contributed by atoms with Crippen LogP contribution in [-0.2, 0) is 0 Å². The highest BCUT2D eigenvalue weighted by Gasteiger charge is 1.98. The van der Waals surface area contributed by atoms with Gasteiger partial charge in [-0.05, 0) is 42.2 Å². The van der Waals surface area contributed by atoms with Crippen molar-refractivity contribution in [3.8, 4) is 0 Å². The van der Waals surface area contributed by atoms with Crippen molar-refractivity contribution < 1.29 is 4.63 Å². The van der Waals surface area contributed by atoms with Crippen LogP contribution in [0.1, 0.15) is 0 Å². The highest BCUT2D eigenvalue weighted by Crippen LogP contribution is 2.15. The summed E-state index contributed by atoms with van der Waals surface area (Å²) in [4.78, 5) is 0. The van der Waals surface area contributed by atoms with E-state index < -0.39 is 0 Å². The molecule has 1 heterocycles. The average Bonchev–Trinajstić information content (AvgIpc) is 1.91. The normalized spacial score (nSPS) is 9.43. The largest absolute Gasteiger partial charge is 0.242 e. The van der Waals surface area contributed by atoms with Gasteiger partial charge in [0, 0.05) is 0 Å². The van der Waals surface area contributed by atoms with E-state index in [-0.39, 0.29) is 0 Å². The molecule has 0 N–H and O–H groups in total. The van der Waals surface area contributed by atoms with Gasteiger partial charge in [0.05, 0.1) is 0 Å². The van der Waals surface area contributed by atoms with Crippen molar-refractivity contribution in [2.45, 2.75) is 0 Å². The van der Waals surface area contributed by atoms with Gasteiger partial charge in [0.2, 0.25) is 0 Å². The van der Waals surface area contributed by atoms with E-state index in [0.29, 0.717) is 9.21 Å². The second-order valence-electron chi connectivity index (χ2n) is 0.846. The van der Waals surface area contributed by atoms with Gasteiger partial charge in [-0.1, -0.05) is 0 Å². The third-order valence-corrected chi connectivity index (χ3v) is 1.98. The zero-order chi connectivity index (χ0) is 5.28. The molecule has 0 amide bonds. The number of hydrogen-bond acceptors (Lipinski definition) is 3. The van der Waals surface area contributed by atoms with Gasteiger partial charge in [-0.3, -0.25) is 0 Å². The van der Waals surface area contributed by atoms with Crippen molar-refractivity contribution in [1.82, 2.24) is 10.3 Å². The summed E-state index contributed by atoms with van der Waals surface area (Å²) in [6, 6.07) is 0. The van der Waals surface area contributed by atoms with E-state index in [4.69, 9.17) is 0 Å². The molecule has 0 aliphatic rings. The molecule has 0 aromatic carbocycles. The van der Waals surface area contributed by atoms with E-state index in [0.717, 1.165) is 0 Å². The van der Waals surface area contributed by atoms with Crippen LogP contribution in [0.2, 0.25) is 0 Å². The van der Waals surface area contributed by atoms with E-state index in [1.807, 2.05) is 0 Å². The number of halogens is 2. The van der Waals surface area contributed by atoms with Gasteiger partial charge in [0.15, 0.2) is 9.21 Å². The molecule has 0 radical (unpaired) electrons. The first-order valence-corrected chi connectivity index (χ1v) is 3.03. The molecule has 0 saturated carbocycles. The summed E-state index contributed by atoms with van der Waals surface area (Å²) in [6.45, 7) is 0. The van der Waals surface area contributed by atoms with Crippen molar-refractivity contribution in [3.05, 3.63) is 9.21 Å². The molecular weight excluding hydrogens is 228 g/mol. The van der Waals surface area contributed by atoms with Gasteiger partial charge >= 0.3 is 0 Å². The van der Waals surface area contributed by atoms with E-state index in [2.05, 4.69) is 46.8 Å². The van der Waals surface area contributed by atoms with E-state index in [1.165, 1.54) is 0 Å². The Balaban J connectivity index is 3.12. The predicted molar refractivity (Wildman–Crippen MR) is 29.7 cm³/mol. The minimum Gasteiger partial charge on any atom is -0.242 e. The lowest BCUT2D eigenvalue weighted by Crippen LogP contribution is -1.57. The van der Waals surface area contributed by atoms with Crippen molar-refractivity contribution in [1.29, 1.82) is 0 Å². The minimum atomic E-state index is 0.590. The Labute approximate surface area is 56.3 Å². The molecule has 0 bridgehead atoms. The maximum absolute atomic E-state index is 4.25. The second kappa shape index (κ2) is 1.92. The molecule has 3 nitrogen and oxygen atoms in total. The second-order valence-corrected chi connectivity index (χ2v) is 2.35. The molecule has 1 rings (SSSR count). The van der Waals surface area contributed by atoms with Crippen LogP contribution < -0.4 is 0 Å². The fourth-order valence-corrected chi connectivity index (χ4v) is 0.442. The summed E-state index contributed by atoms with van der Waals surface area (Å²) >= 11 is 6.10. The third kappa shape index (κ3) is 1.01. The van der Waals surface area contributed by atoms with Gasteiger partial charge in [-0.25, -0.2) is 4.63 Å². The third-order valence-electron chi connectivity index (χ3n) is 0.412. The van der Waals surface area contributed by atoms with Crippen LogP contribution in [0.4, 0.5) is 0 Å². The van der Waals surface area contributed by atoms with Crippen molar-refractivity contribution in [2.75, 3.05) is 0 Å². The Morgan fingerprint density at radius 3 is 1.71 bits per heavy atom. The minimum absolute atomic E-state index is 0.590. The van der Waals surface area contributed by atoms with Crippen LogP contribution in [0.5, 0.6) is 0 Å². The van der Waals surface area contributed by atoms with Gasteiger partial charge in [-0.2, -0.15) is 0 Å². The maximum atomic E-state index is 4.25. The summed E-state index contributed by atoms with van der Waals surface area (Å²) in [7, 11) is 0. The fourth-order valence-electron chi connectivity index (χ4n) is 0.167. The van der Waals surface area contributed by atoms with Crippen LogP contribution >= 0.6 is 31.9 Å². The standard InChI is InChI=1S/C2Br2N2O/c3-1-2(4)6-7-5-1. The fraction of sp³-hybridized carbons (Fsp3) is 0. The Hall–Kier alpha value is 0.1000. The Bertz CT molecular complexity index is 146. The molecule has 38 valence electrons. The number of aromatic nitrogens is 2. The Kier molecular flexibility index (Phi) is 1.43. The molecule has 0 fully saturated rings. The smallest absolute Gasteiger partial charge is 0.184 e. The van der Waals surface area contributed by atoms with Gasteiger partial charge < -0.3 is 0 Å². The van der Waals surface area contributed by atoms with E-state index in [9.17, 15) is 0 Å². The maximum Gasteiger partial charge on any atom is 0.184 e. The first-order chi connectivity index (χ1) is 3.30. The summed E-state index contributed by atoms with van der Waals surface area (Å²) in [5.41, 5.74) is 0. The molecule has 1 aromatic heterocycles. The molecule has 0 atom stereocenters. The van der Waals surface area contributed by atoms with Crippen LogP contribution in [0.3, 0.4) is 0 Å². The number of nitrogens with zero attached hydrogens (tertiary/aromatic N) is 2. The molecule has 0 aliphatic carbocycles. The summed E-state index contributed by atoms with van der Waals surface area (Å²) in [6.07, 6.45) is 0. The van der Waals surface area contributed by atoms with Crippen molar-refractivity contribution >= 4 is 31.9 Å². The summed E-state index contributed by atoms with van der Waals surface area (Å²) in [5, 5.41) is 6.80. The molecule has 0 unspecified atom stereocenters. The van der Waals surface area contributed by atoms with Gasteiger partial charge in [0.25, 0.3) is 0 Å². The lowest BCUT2D eigenvalue weighted by molar-refractivity contribution is 0.302. The molecular formula is C2Br2N2O. The molecule has 0 saturated heterocycles. The first kappa shape index (κ1) is 5.24. The van der Waals surface area contributed by atoms with E-state index >= 15 is 0 Å². The molecule has 5 heteroatoms. The lowest BCUT2D eigenvalue weighted by Gasteiger charge is -1.66. The van der Waals surface area contributed by atoms with Crippen LogP contribution in [0.25, 0.3) is 0 Å². The summed E-state index contributed by atoms with van der Waals surface area (Å²) < 4.78 is 5.43. The van der Waals surface area contributed by atoms with Crippen LogP contribution in [0, 0.1) is 0 Å². The van der Waals surface area contributed by atoms with Crippen molar-refractivity contribution in [3.63, 3.8) is 0 Å². The SMILES string of the molecule is Brc1nonc1Br. The quantitative estimate of drug-likeness (QED) is 0.676. The monoisotopic (exact) mass is 226 g/mol. The predicted octanol–water partition coefficient (Wildman–Crippen LogP) is 1.59. The highest BCUT2D eigenvalue weighted by molar-refractivity contribution is 9.13. The molecule has 1 aromatic rings. The molecule has 7 heavy (non-hydrogen) atoms. The molecule has 0 spiro atoms. The van der Waals surface area contributed by atoms with E-state index in [1.54, 1.807) is 0 Å². The zero-order valence-corrected chi connectivity index (χ0v) is 6.23. The first-order valence-electron chi connectivity index (χ1n) is 1.44. The number of rotatable bonds is 0. The Morgan fingerprint density at radius 2 is 1.57 bits per heavy atom. The number of hydrogen-bond donors (Lipinski definition) is 0. The highest BCUT2D eigenvalue weighted by atomic mass is 79.9. The van der Waals surface area contributed by atoms with Gasteiger partial charge in [-0.15, -0.1) is 0 Å². The zero-order valence-electron chi connectivity index (χ0n) is 3.06.